The quantitative estimate of drug-likeness (QED) is 0.0153. The number of phosphoric ester groups is 1. The summed E-state index contributed by atoms with van der Waals surface area (Å²) in [5, 5.41) is 0. The number of ketones is 1. The Morgan fingerprint density at radius 2 is 1.07 bits per heavy atom. The maximum atomic E-state index is 12.6. The van der Waals surface area contributed by atoms with E-state index in [1.165, 1.54) is 83.5 Å². The third-order valence-corrected chi connectivity index (χ3v) is 9.96. The Labute approximate surface area is 329 Å². The lowest BCUT2D eigenvalue weighted by atomic mass is 10.1. The lowest BCUT2D eigenvalue weighted by Gasteiger charge is -2.19. The van der Waals surface area contributed by atoms with Crippen molar-refractivity contribution in [3.05, 3.63) is 36.5 Å². The van der Waals surface area contributed by atoms with Crippen molar-refractivity contribution in [3.63, 3.8) is 0 Å². The third kappa shape index (κ3) is 38.2. The van der Waals surface area contributed by atoms with E-state index in [4.69, 9.17) is 24.3 Å². The van der Waals surface area contributed by atoms with Crippen LogP contribution in [0.3, 0.4) is 0 Å². The summed E-state index contributed by atoms with van der Waals surface area (Å²) in [7, 11) is -4.41. The first-order valence-electron chi connectivity index (χ1n) is 21.4. The van der Waals surface area contributed by atoms with Crippen molar-refractivity contribution in [1.29, 1.82) is 0 Å². The average Bonchev–Trinajstić information content (AvgIpc) is 3.15. The Kier molecular flexibility index (Phi) is 37.6. The minimum atomic E-state index is -4.41. The maximum Gasteiger partial charge on any atom is 0.472 e. The van der Waals surface area contributed by atoms with E-state index in [1.54, 1.807) is 6.08 Å². The first kappa shape index (κ1) is 51.9. The van der Waals surface area contributed by atoms with Gasteiger partial charge in [-0.1, -0.05) is 141 Å². The molecule has 0 aromatic carbocycles. The summed E-state index contributed by atoms with van der Waals surface area (Å²) in [4.78, 5) is 46.9. The second-order valence-corrected chi connectivity index (χ2v) is 15.7. The Morgan fingerprint density at radius 3 is 1.67 bits per heavy atom. The smallest absolute Gasteiger partial charge is 0.462 e. The first-order chi connectivity index (χ1) is 26.2. The van der Waals surface area contributed by atoms with Gasteiger partial charge in [-0.15, -0.1) is 0 Å². The van der Waals surface area contributed by atoms with Gasteiger partial charge in [-0.2, -0.15) is 0 Å². The Bertz CT molecular complexity index is 1050. The molecule has 11 heteroatoms. The van der Waals surface area contributed by atoms with Crippen LogP contribution in [0, 0.1) is 0 Å². The van der Waals surface area contributed by atoms with Crippen LogP contribution in [0.1, 0.15) is 187 Å². The van der Waals surface area contributed by atoms with Gasteiger partial charge in [0.1, 0.15) is 6.61 Å². The fraction of sp³-hybridized carbons (Fsp3) is 0.791. The molecule has 0 spiro atoms. The molecule has 2 atom stereocenters. The van der Waals surface area contributed by atoms with Crippen LogP contribution in [0.2, 0.25) is 0 Å². The summed E-state index contributed by atoms with van der Waals surface area (Å²) in [6.45, 7) is 3.53. The van der Waals surface area contributed by atoms with Crippen LogP contribution in [0.5, 0.6) is 0 Å². The van der Waals surface area contributed by atoms with Crippen LogP contribution in [0.15, 0.2) is 36.5 Å². The van der Waals surface area contributed by atoms with Gasteiger partial charge in [0.15, 0.2) is 11.9 Å². The number of esters is 2. The number of hydrogen-bond donors (Lipinski definition) is 2. The molecular formula is C43H78NO9P. The standard InChI is InChI=1S/C43H78NO9P/c1-3-5-7-9-11-12-13-14-15-16-17-18-19-20-22-26-30-34-42(46)50-38-41(39-52-54(48,49)51-37-36-44)53-43(47)35-31-27-23-25-29-33-40(45)32-28-24-21-10-8-6-4-2/h14-15,21,24,28,32,41H,3-13,16-20,22-23,25-27,29-31,33-39,44H2,1-2H3,(H,48,49)/b15-14-,24-21-,32-28+/t41-/m1/s1. The van der Waals surface area contributed by atoms with Crippen molar-refractivity contribution in [2.45, 2.75) is 193 Å². The summed E-state index contributed by atoms with van der Waals surface area (Å²) >= 11 is 0. The minimum Gasteiger partial charge on any atom is -0.462 e. The van der Waals surface area contributed by atoms with E-state index in [9.17, 15) is 23.8 Å². The second kappa shape index (κ2) is 39.1. The molecule has 0 fully saturated rings. The van der Waals surface area contributed by atoms with E-state index in [1.807, 2.05) is 12.2 Å². The number of unbranched alkanes of at least 4 members (excludes halogenated alkanes) is 20. The lowest BCUT2D eigenvalue weighted by molar-refractivity contribution is -0.161. The van der Waals surface area contributed by atoms with Crippen molar-refractivity contribution >= 4 is 25.5 Å². The van der Waals surface area contributed by atoms with Crippen LogP contribution in [0.25, 0.3) is 0 Å². The lowest BCUT2D eigenvalue weighted by Crippen LogP contribution is -2.29. The van der Waals surface area contributed by atoms with Crippen LogP contribution >= 0.6 is 7.82 Å². The van der Waals surface area contributed by atoms with Gasteiger partial charge in [0.05, 0.1) is 13.2 Å². The minimum absolute atomic E-state index is 0.0329. The van der Waals surface area contributed by atoms with Crippen molar-refractivity contribution < 1.29 is 42.4 Å². The van der Waals surface area contributed by atoms with Crippen molar-refractivity contribution in [2.75, 3.05) is 26.4 Å². The highest BCUT2D eigenvalue weighted by Crippen LogP contribution is 2.43. The van der Waals surface area contributed by atoms with Crippen LogP contribution < -0.4 is 5.73 Å². The maximum absolute atomic E-state index is 12.6. The van der Waals surface area contributed by atoms with Gasteiger partial charge in [-0.25, -0.2) is 4.57 Å². The molecule has 10 nitrogen and oxygen atoms in total. The summed E-state index contributed by atoms with van der Waals surface area (Å²) in [5.74, 6) is -0.809. The molecule has 0 aliphatic carbocycles. The van der Waals surface area contributed by atoms with E-state index < -0.39 is 32.5 Å². The van der Waals surface area contributed by atoms with E-state index in [2.05, 4.69) is 32.1 Å². The van der Waals surface area contributed by atoms with E-state index in [0.717, 1.165) is 57.8 Å². The van der Waals surface area contributed by atoms with Crippen LogP contribution in [0.4, 0.5) is 0 Å². The SMILES string of the molecule is CCCCC/C=C\C=C\C(=O)CCCCCCCC(=O)O[C@H](COC(=O)CCCCCCCCC/C=C\CCCCCCCC)COP(=O)(O)OCCN. The summed E-state index contributed by atoms with van der Waals surface area (Å²) in [6.07, 6.45) is 38.5. The molecule has 0 saturated carbocycles. The summed E-state index contributed by atoms with van der Waals surface area (Å²) in [5.41, 5.74) is 5.33. The molecule has 0 heterocycles. The topological polar surface area (TPSA) is 151 Å². The molecule has 0 aromatic rings. The van der Waals surface area contributed by atoms with E-state index in [-0.39, 0.29) is 38.4 Å². The predicted molar refractivity (Wildman–Crippen MR) is 220 cm³/mol. The zero-order chi connectivity index (χ0) is 39.8. The van der Waals surface area contributed by atoms with Crippen LogP contribution in [-0.2, 0) is 37.5 Å². The van der Waals surface area contributed by atoms with Crippen molar-refractivity contribution in [2.24, 2.45) is 5.73 Å². The summed E-state index contributed by atoms with van der Waals surface area (Å²) in [6, 6.07) is 0. The molecular weight excluding hydrogens is 705 g/mol. The van der Waals surface area contributed by atoms with E-state index in [0.29, 0.717) is 19.3 Å². The third-order valence-electron chi connectivity index (χ3n) is 8.97. The number of rotatable bonds is 40. The fourth-order valence-corrected chi connectivity index (χ4v) is 6.49. The number of carbonyl (C=O) groups excluding carboxylic acids is 3. The van der Waals surface area contributed by atoms with Gasteiger partial charge in [-0.05, 0) is 63.9 Å². The molecule has 54 heavy (non-hydrogen) atoms. The predicted octanol–water partition coefficient (Wildman–Crippen LogP) is 11.3. The highest BCUT2D eigenvalue weighted by Gasteiger charge is 2.26. The van der Waals surface area contributed by atoms with Gasteiger partial charge in [0.2, 0.25) is 0 Å². The normalized spacial score (nSPS) is 13.6. The number of allylic oxidation sites excluding steroid dienone is 6. The molecule has 0 aliphatic heterocycles. The van der Waals surface area contributed by atoms with Gasteiger partial charge in [0.25, 0.3) is 0 Å². The molecule has 0 saturated heterocycles. The zero-order valence-corrected chi connectivity index (χ0v) is 35.1. The first-order valence-corrected chi connectivity index (χ1v) is 22.9. The molecule has 0 radical (unpaired) electrons. The summed E-state index contributed by atoms with van der Waals surface area (Å²) < 4.78 is 32.7. The number of hydrogen-bond acceptors (Lipinski definition) is 9. The van der Waals surface area contributed by atoms with Gasteiger partial charge in [-0.3, -0.25) is 23.4 Å². The highest BCUT2D eigenvalue weighted by atomic mass is 31.2. The molecule has 0 bridgehead atoms. The number of nitrogens with two attached hydrogens (primary N) is 1. The monoisotopic (exact) mass is 784 g/mol. The second-order valence-electron chi connectivity index (χ2n) is 14.2. The Morgan fingerprint density at radius 1 is 0.593 bits per heavy atom. The fourth-order valence-electron chi connectivity index (χ4n) is 5.73. The van der Waals surface area contributed by atoms with Crippen LogP contribution in [-0.4, -0.2) is 55.1 Å². The average molecular weight is 784 g/mol. The molecule has 0 rings (SSSR count). The van der Waals surface area contributed by atoms with E-state index >= 15 is 0 Å². The highest BCUT2D eigenvalue weighted by molar-refractivity contribution is 7.47. The van der Waals surface area contributed by atoms with Crippen molar-refractivity contribution in [3.8, 4) is 0 Å². The molecule has 314 valence electrons. The van der Waals surface area contributed by atoms with Gasteiger partial charge < -0.3 is 20.1 Å². The Hall–Kier alpha value is -2.10. The van der Waals surface area contributed by atoms with Crippen molar-refractivity contribution in [1.82, 2.24) is 0 Å². The molecule has 3 N–H and O–H groups in total. The van der Waals surface area contributed by atoms with Gasteiger partial charge in [0, 0.05) is 25.8 Å². The molecule has 0 aliphatic rings. The molecule has 0 aromatic heterocycles. The zero-order valence-electron chi connectivity index (χ0n) is 34.2. The number of carbonyl (C=O) groups is 3. The molecule has 0 amide bonds. The largest absolute Gasteiger partial charge is 0.472 e. The van der Waals surface area contributed by atoms with Gasteiger partial charge >= 0.3 is 19.8 Å². The molecule has 1 unspecified atom stereocenters. The number of phosphoric acid groups is 1. The number of ether oxygens (including phenoxy) is 2. The Balaban J connectivity index is 4.24.